The first kappa shape index (κ1) is 22.7. The van der Waals surface area contributed by atoms with Crippen LogP contribution in [0.3, 0.4) is 0 Å². The van der Waals surface area contributed by atoms with Crippen LogP contribution < -0.4 is 5.32 Å². The van der Waals surface area contributed by atoms with Crippen molar-refractivity contribution in [2.24, 2.45) is 0 Å². The van der Waals surface area contributed by atoms with Crippen molar-refractivity contribution in [2.45, 2.75) is 71.0 Å². The van der Waals surface area contributed by atoms with Gasteiger partial charge in [0, 0.05) is 47.4 Å². The van der Waals surface area contributed by atoms with E-state index in [-0.39, 0.29) is 11.8 Å². The Morgan fingerprint density at radius 1 is 1.03 bits per heavy atom. The molecule has 0 atom stereocenters. The highest BCUT2D eigenvalue weighted by Gasteiger charge is 2.32. The lowest BCUT2D eigenvalue weighted by molar-refractivity contribution is -0.132. The molecular formula is C29H31N5O2. The summed E-state index contributed by atoms with van der Waals surface area (Å²) in [6.07, 6.45) is 5.33. The SMILES string of the molecule is Cc1nc2c3ccccc3nn2c(C)c1CCC(=O)N(Cc1ccc(C(=O)NC2CC2)cc1)C1CC1. The van der Waals surface area contributed by atoms with E-state index < -0.39 is 0 Å². The van der Waals surface area contributed by atoms with Crippen molar-refractivity contribution in [3.8, 4) is 0 Å². The van der Waals surface area contributed by atoms with E-state index in [1.54, 1.807) is 0 Å². The molecule has 0 spiro atoms. The molecule has 2 aliphatic rings. The molecule has 2 heterocycles. The Hall–Kier alpha value is -3.74. The number of rotatable bonds is 8. The number of amides is 2. The van der Waals surface area contributed by atoms with Crippen molar-refractivity contribution >= 4 is 28.4 Å². The van der Waals surface area contributed by atoms with E-state index >= 15 is 0 Å². The van der Waals surface area contributed by atoms with Gasteiger partial charge in [-0.2, -0.15) is 5.10 Å². The minimum Gasteiger partial charge on any atom is -0.349 e. The molecule has 0 radical (unpaired) electrons. The second-order valence-electron chi connectivity index (χ2n) is 10.2. The van der Waals surface area contributed by atoms with Gasteiger partial charge in [-0.1, -0.05) is 24.3 Å². The Morgan fingerprint density at radius 3 is 2.50 bits per heavy atom. The average molecular weight is 482 g/mol. The monoisotopic (exact) mass is 481 g/mol. The number of hydrogen-bond acceptors (Lipinski definition) is 4. The van der Waals surface area contributed by atoms with Crippen LogP contribution in [0.2, 0.25) is 0 Å². The summed E-state index contributed by atoms with van der Waals surface area (Å²) in [4.78, 5) is 32.5. The fourth-order valence-electron chi connectivity index (χ4n) is 4.98. The topological polar surface area (TPSA) is 79.6 Å². The molecule has 184 valence electrons. The van der Waals surface area contributed by atoms with E-state index in [2.05, 4.69) is 12.2 Å². The van der Waals surface area contributed by atoms with E-state index in [4.69, 9.17) is 10.1 Å². The number of aryl methyl sites for hydroxylation is 2. The van der Waals surface area contributed by atoms with Crippen molar-refractivity contribution in [3.63, 3.8) is 0 Å². The zero-order valence-corrected chi connectivity index (χ0v) is 20.8. The number of fused-ring (bicyclic) bond motifs is 3. The van der Waals surface area contributed by atoms with Crippen LogP contribution >= 0.6 is 0 Å². The Balaban J connectivity index is 1.16. The van der Waals surface area contributed by atoms with Crippen molar-refractivity contribution in [2.75, 3.05) is 0 Å². The van der Waals surface area contributed by atoms with E-state index in [1.807, 2.05) is 64.9 Å². The highest BCUT2D eigenvalue weighted by molar-refractivity contribution is 5.94. The third kappa shape index (κ3) is 4.45. The van der Waals surface area contributed by atoms with Gasteiger partial charge < -0.3 is 10.2 Å². The number of benzene rings is 2. The molecule has 36 heavy (non-hydrogen) atoms. The number of hydrogen-bond donors (Lipinski definition) is 1. The third-order valence-electron chi connectivity index (χ3n) is 7.40. The van der Waals surface area contributed by atoms with Crippen molar-refractivity contribution < 1.29 is 9.59 Å². The highest BCUT2D eigenvalue weighted by Crippen LogP contribution is 2.30. The summed E-state index contributed by atoms with van der Waals surface area (Å²) in [5.74, 6) is 0.151. The maximum atomic E-state index is 13.4. The molecule has 2 fully saturated rings. The predicted octanol–water partition coefficient (Wildman–Crippen LogP) is 4.52. The molecule has 2 aromatic heterocycles. The molecular weight excluding hydrogens is 450 g/mol. The third-order valence-corrected chi connectivity index (χ3v) is 7.40. The molecule has 1 N–H and O–H groups in total. The summed E-state index contributed by atoms with van der Waals surface area (Å²) in [5, 5.41) is 8.81. The molecule has 0 aliphatic heterocycles. The first-order valence-electron chi connectivity index (χ1n) is 12.9. The van der Waals surface area contributed by atoms with Gasteiger partial charge in [-0.25, -0.2) is 9.50 Å². The predicted molar refractivity (Wildman–Crippen MR) is 139 cm³/mol. The van der Waals surface area contributed by atoms with Gasteiger partial charge in [-0.3, -0.25) is 9.59 Å². The standard InChI is InChI=1S/C29H31N5O2/c1-18-24(19(2)34-28(30-18)25-5-3-4-6-26(25)32-34)15-16-27(35)33(23-13-14-23)17-20-7-9-21(10-8-20)29(36)31-22-11-12-22/h3-10,22-23H,11-17H2,1-2H3,(H,31,36). The highest BCUT2D eigenvalue weighted by atomic mass is 16.2. The summed E-state index contributed by atoms with van der Waals surface area (Å²) in [7, 11) is 0. The van der Waals surface area contributed by atoms with Crippen LogP contribution in [0.5, 0.6) is 0 Å². The van der Waals surface area contributed by atoms with Gasteiger partial charge in [-0.15, -0.1) is 0 Å². The second-order valence-corrected chi connectivity index (χ2v) is 10.2. The van der Waals surface area contributed by atoms with E-state index in [1.165, 1.54) is 0 Å². The summed E-state index contributed by atoms with van der Waals surface area (Å²) in [6.45, 7) is 4.66. The first-order chi connectivity index (χ1) is 17.5. The van der Waals surface area contributed by atoms with Crippen LogP contribution in [0, 0.1) is 13.8 Å². The van der Waals surface area contributed by atoms with E-state index in [0.29, 0.717) is 37.0 Å². The summed E-state index contributed by atoms with van der Waals surface area (Å²) in [6, 6.07) is 16.4. The zero-order valence-electron chi connectivity index (χ0n) is 20.8. The van der Waals surface area contributed by atoms with Crippen LogP contribution in [-0.4, -0.2) is 43.4 Å². The van der Waals surface area contributed by atoms with Crippen LogP contribution in [-0.2, 0) is 17.8 Å². The Bertz CT molecular complexity index is 1460. The minimum atomic E-state index is -0.0134. The fourth-order valence-corrected chi connectivity index (χ4v) is 4.98. The molecule has 7 heteroatoms. The molecule has 2 aliphatic carbocycles. The quantitative estimate of drug-likeness (QED) is 0.401. The smallest absolute Gasteiger partial charge is 0.251 e. The first-order valence-corrected chi connectivity index (χ1v) is 12.9. The minimum absolute atomic E-state index is 0.0134. The molecule has 0 saturated heterocycles. The lowest BCUT2D eigenvalue weighted by Gasteiger charge is -2.23. The fraction of sp³-hybridized carbons (Fsp3) is 0.379. The van der Waals surface area contributed by atoms with Gasteiger partial charge in [0.15, 0.2) is 5.65 Å². The molecule has 0 bridgehead atoms. The summed E-state index contributed by atoms with van der Waals surface area (Å²) < 4.78 is 1.91. The molecule has 2 aromatic carbocycles. The maximum Gasteiger partial charge on any atom is 0.251 e. The van der Waals surface area contributed by atoms with Gasteiger partial charge in [0.05, 0.1) is 5.52 Å². The number of nitrogens with zero attached hydrogens (tertiary/aromatic N) is 4. The van der Waals surface area contributed by atoms with Crippen LogP contribution in [0.1, 0.15) is 65.0 Å². The lowest BCUT2D eigenvalue weighted by atomic mass is 10.1. The number of carbonyl (C=O) groups is 2. The lowest BCUT2D eigenvalue weighted by Crippen LogP contribution is -2.33. The summed E-state index contributed by atoms with van der Waals surface area (Å²) in [5.41, 5.74) is 6.61. The van der Waals surface area contributed by atoms with Crippen LogP contribution in [0.25, 0.3) is 16.6 Å². The van der Waals surface area contributed by atoms with Gasteiger partial charge in [0.2, 0.25) is 5.91 Å². The van der Waals surface area contributed by atoms with E-state index in [0.717, 1.165) is 64.7 Å². The zero-order chi connectivity index (χ0) is 24.8. The van der Waals surface area contributed by atoms with Gasteiger partial charge in [-0.05, 0) is 81.3 Å². The van der Waals surface area contributed by atoms with Gasteiger partial charge >= 0.3 is 0 Å². The molecule has 6 rings (SSSR count). The van der Waals surface area contributed by atoms with Gasteiger partial charge in [0.1, 0.15) is 0 Å². The molecule has 2 amide bonds. The average Bonchev–Trinajstić information content (AvgIpc) is 3.82. The van der Waals surface area contributed by atoms with Crippen LogP contribution in [0.4, 0.5) is 0 Å². The van der Waals surface area contributed by atoms with Crippen molar-refractivity contribution in [1.82, 2.24) is 24.8 Å². The number of aromatic nitrogens is 3. The largest absolute Gasteiger partial charge is 0.349 e. The van der Waals surface area contributed by atoms with Crippen LogP contribution in [0.15, 0.2) is 48.5 Å². The maximum absolute atomic E-state index is 13.4. The molecule has 7 nitrogen and oxygen atoms in total. The van der Waals surface area contributed by atoms with Crippen molar-refractivity contribution in [3.05, 3.63) is 76.6 Å². The molecule has 4 aromatic rings. The summed E-state index contributed by atoms with van der Waals surface area (Å²) >= 11 is 0. The normalized spacial score (nSPS) is 15.4. The number of nitrogens with one attached hydrogen (secondary N) is 1. The van der Waals surface area contributed by atoms with Gasteiger partial charge in [0.25, 0.3) is 5.91 Å². The van der Waals surface area contributed by atoms with E-state index in [9.17, 15) is 9.59 Å². The molecule has 0 unspecified atom stereocenters. The Labute approximate surface area is 210 Å². The van der Waals surface area contributed by atoms with Crippen molar-refractivity contribution in [1.29, 1.82) is 0 Å². The Kier molecular flexibility index (Phi) is 5.70. The molecule has 2 saturated carbocycles. The second kappa shape index (κ2) is 9.04. The number of carbonyl (C=O) groups excluding carboxylic acids is 2. The Morgan fingerprint density at radius 2 is 1.78 bits per heavy atom.